The molecule has 0 aliphatic rings. The fraction of sp³-hybridized carbons (Fsp3) is 0.0833. The van der Waals surface area contributed by atoms with E-state index in [0.717, 1.165) is 30.3 Å². The predicted molar refractivity (Wildman–Crippen MR) is 64.8 cm³/mol. The molecule has 2 rings (SSSR count). The molecule has 0 radical (unpaired) electrons. The molecule has 2 aromatic rings. The smallest absolute Gasteiger partial charge is 0.395 e. The lowest BCUT2D eigenvalue weighted by atomic mass is 10.2. The SMILES string of the molecule is O=C(Nc1cccc(C(F)(F)F)c1)c1ccc([N+](=O)[O-])o1. The molecular formula is C12H7F3N2O4. The highest BCUT2D eigenvalue weighted by Gasteiger charge is 2.30. The third kappa shape index (κ3) is 3.38. The number of amides is 1. The molecule has 0 aliphatic heterocycles. The van der Waals surface area contributed by atoms with Gasteiger partial charge < -0.3 is 9.73 Å². The van der Waals surface area contributed by atoms with Gasteiger partial charge in [0.1, 0.15) is 4.92 Å². The number of nitrogens with one attached hydrogen (secondary N) is 1. The van der Waals surface area contributed by atoms with E-state index < -0.39 is 28.5 Å². The lowest BCUT2D eigenvalue weighted by Crippen LogP contribution is -2.12. The maximum Gasteiger partial charge on any atom is 0.433 e. The first-order valence-corrected chi connectivity index (χ1v) is 5.50. The number of alkyl halides is 3. The number of furan rings is 1. The minimum absolute atomic E-state index is 0.103. The number of nitro groups is 1. The van der Waals surface area contributed by atoms with Gasteiger partial charge in [0.25, 0.3) is 5.91 Å². The summed E-state index contributed by atoms with van der Waals surface area (Å²) < 4.78 is 42.2. The van der Waals surface area contributed by atoms with Crippen LogP contribution in [0.2, 0.25) is 0 Å². The minimum atomic E-state index is -4.54. The van der Waals surface area contributed by atoms with Crippen molar-refractivity contribution in [3.63, 3.8) is 0 Å². The van der Waals surface area contributed by atoms with Crippen molar-refractivity contribution in [3.05, 3.63) is 57.8 Å². The van der Waals surface area contributed by atoms with Gasteiger partial charge in [0.15, 0.2) is 5.76 Å². The van der Waals surface area contributed by atoms with Crippen molar-refractivity contribution in [1.82, 2.24) is 0 Å². The van der Waals surface area contributed by atoms with Gasteiger partial charge in [-0.1, -0.05) is 6.07 Å². The molecule has 1 aromatic heterocycles. The molecule has 0 aliphatic carbocycles. The Morgan fingerprint density at radius 1 is 1.24 bits per heavy atom. The van der Waals surface area contributed by atoms with Gasteiger partial charge in [-0.15, -0.1) is 0 Å². The molecular weight excluding hydrogens is 293 g/mol. The van der Waals surface area contributed by atoms with Crippen LogP contribution in [0.4, 0.5) is 24.7 Å². The maximum absolute atomic E-state index is 12.5. The van der Waals surface area contributed by atoms with Gasteiger partial charge in [-0.2, -0.15) is 13.2 Å². The maximum atomic E-state index is 12.5. The van der Waals surface area contributed by atoms with Crippen LogP contribution in [0.25, 0.3) is 0 Å². The quantitative estimate of drug-likeness (QED) is 0.694. The Labute approximate surface area is 115 Å². The van der Waals surface area contributed by atoms with Crippen molar-refractivity contribution in [3.8, 4) is 0 Å². The first-order valence-electron chi connectivity index (χ1n) is 5.50. The largest absolute Gasteiger partial charge is 0.433 e. The lowest BCUT2D eigenvalue weighted by molar-refractivity contribution is -0.402. The normalized spacial score (nSPS) is 11.2. The number of hydrogen-bond acceptors (Lipinski definition) is 4. The van der Waals surface area contributed by atoms with Gasteiger partial charge in [-0.05, 0) is 24.3 Å². The molecule has 0 bridgehead atoms. The Morgan fingerprint density at radius 3 is 2.52 bits per heavy atom. The zero-order chi connectivity index (χ0) is 15.6. The number of carbonyl (C=O) groups is 1. The van der Waals surface area contributed by atoms with Crippen molar-refractivity contribution in [2.24, 2.45) is 0 Å². The predicted octanol–water partition coefficient (Wildman–Crippen LogP) is 3.46. The highest BCUT2D eigenvalue weighted by atomic mass is 19.4. The summed E-state index contributed by atoms with van der Waals surface area (Å²) in [5.41, 5.74) is -1.03. The van der Waals surface area contributed by atoms with E-state index in [-0.39, 0.29) is 11.4 Å². The van der Waals surface area contributed by atoms with Crippen molar-refractivity contribution < 1.29 is 27.3 Å². The summed E-state index contributed by atoms with van der Waals surface area (Å²) in [5.74, 6) is -1.90. The van der Waals surface area contributed by atoms with Crippen LogP contribution in [0.1, 0.15) is 16.1 Å². The molecule has 1 N–H and O–H groups in total. The Balaban J connectivity index is 2.17. The highest BCUT2D eigenvalue weighted by molar-refractivity contribution is 6.02. The van der Waals surface area contributed by atoms with E-state index in [4.69, 9.17) is 0 Å². The number of anilines is 1. The number of rotatable bonds is 3. The van der Waals surface area contributed by atoms with Crippen LogP contribution in [0.5, 0.6) is 0 Å². The third-order valence-corrected chi connectivity index (χ3v) is 2.44. The average Bonchev–Trinajstić information content (AvgIpc) is 2.88. The summed E-state index contributed by atoms with van der Waals surface area (Å²) in [6.45, 7) is 0. The number of benzene rings is 1. The van der Waals surface area contributed by atoms with Crippen molar-refractivity contribution in [1.29, 1.82) is 0 Å². The van der Waals surface area contributed by atoms with Gasteiger partial charge in [0, 0.05) is 5.69 Å². The fourth-order valence-corrected chi connectivity index (χ4v) is 1.51. The molecule has 110 valence electrons. The molecule has 1 aromatic carbocycles. The average molecular weight is 300 g/mol. The molecule has 21 heavy (non-hydrogen) atoms. The third-order valence-electron chi connectivity index (χ3n) is 2.44. The van der Waals surface area contributed by atoms with E-state index in [1.165, 1.54) is 6.07 Å². The Hall–Kier alpha value is -2.84. The molecule has 0 saturated carbocycles. The van der Waals surface area contributed by atoms with E-state index in [1.807, 2.05) is 0 Å². The van der Waals surface area contributed by atoms with E-state index in [0.29, 0.717) is 0 Å². The van der Waals surface area contributed by atoms with Crippen LogP contribution in [0.3, 0.4) is 0 Å². The van der Waals surface area contributed by atoms with Gasteiger partial charge in [0.2, 0.25) is 0 Å². The minimum Gasteiger partial charge on any atom is -0.395 e. The second kappa shape index (κ2) is 5.27. The van der Waals surface area contributed by atoms with E-state index in [2.05, 4.69) is 9.73 Å². The van der Waals surface area contributed by atoms with E-state index in [1.54, 1.807) is 0 Å². The molecule has 1 heterocycles. The van der Waals surface area contributed by atoms with Crippen LogP contribution < -0.4 is 5.32 Å². The van der Waals surface area contributed by atoms with Gasteiger partial charge in [0.05, 0.1) is 11.6 Å². The zero-order valence-electron chi connectivity index (χ0n) is 10.2. The second-order valence-corrected chi connectivity index (χ2v) is 3.93. The molecule has 0 saturated heterocycles. The van der Waals surface area contributed by atoms with Crippen LogP contribution in [-0.2, 0) is 6.18 Å². The summed E-state index contributed by atoms with van der Waals surface area (Å²) >= 11 is 0. The number of halogens is 3. The molecule has 0 spiro atoms. The summed E-state index contributed by atoms with van der Waals surface area (Å²) in [4.78, 5) is 21.3. The van der Waals surface area contributed by atoms with E-state index >= 15 is 0 Å². The Kier molecular flexibility index (Phi) is 3.66. The summed E-state index contributed by atoms with van der Waals surface area (Å²) in [6.07, 6.45) is -4.54. The Bertz CT molecular complexity index is 694. The van der Waals surface area contributed by atoms with Gasteiger partial charge >= 0.3 is 12.1 Å². The summed E-state index contributed by atoms with van der Waals surface area (Å²) in [7, 11) is 0. The van der Waals surface area contributed by atoms with Gasteiger partial charge in [-0.25, -0.2) is 0 Å². The van der Waals surface area contributed by atoms with Crippen LogP contribution in [-0.4, -0.2) is 10.8 Å². The molecule has 0 unspecified atom stereocenters. The lowest BCUT2D eigenvalue weighted by Gasteiger charge is -2.08. The monoisotopic (exact) mass is 300 g/mol. The van der Waals surface area contributed by atoms with Crippen molar-refractivity contribution >= 4 is 17.5 Å². The Morgan fingerprint density at radius 2 is 1.95 bits per heavy atom. The van der Waals surface area contributed by atoms with Crippen LogP contribution in [0, 0.1) is 10.1 Å². The number of hydrogen-bond donors (Lipinski definition) is 1. The fourth-order valence-electron chi connectivity index (χ4n) is 1.51. The molecule has 0 fully saturated rings. The van der Waals surface area contributed by atoms with Gasteiger partial charge in [-0.3, -0.25) is 14.9 Å². The summed E-state index contributed by atoms with van der Waals surface area (Å²) in [5, 5.41) is 12.6. The number of carbonyl (C=O) groups excluding carboxylic acids is 1. The highest BCUT2D eigenvalue weighted by Crippen LogP contribution is 2.30. The first kappa shape index (κ1) is 14.6. The second-order valence-electron chi connectivity index (χ2n) is 3.93. The van der Waals surface area contributed by atoms with Crippen LogP contribution >= 0.6 is 0 Å². The standard InChI is InChI=1S/C12H7F3N2O4/c13-12(14,15)7-2-1-3-8(6-7)16-11(18)9-4-5-10(21-9)17(19)20/h1-6H,(H,16,18). The molecule has 0 atom stereocenters. The zero-order valence-corrected chi connectivity index (χ0v) is 10.2. The topological polar surface area (TPSA) is 85.4 Å². The summed E-state index contributed by atoms with van der Waals surface area (Å²) in [6, 6.07) is 6.01. The van der Waals surface area contributed by atoms with Crippen molar-refractivity contribution in [2.45, 2.75) is 6.18 Å². The van der Waals surface area contributed by atoms with Crippen molar-refractivity contribution in [2.75, 3.05) is 5.32 Å². The first-order chi connectivity index (χ1) is 9.77. The molecule has 6 nitrogen and oxygen atoms in total. The number of nitrogens with zero attached hydrogens (tertiary/aromatic N) is 1. The molecule has 9 heteroatoms. The van der Waals surface area contributed by atoms with E-state index in [9.17, 15) is 28.1 Å². The van der Waals surface area contributed by atoms with Crippen LogP contribution in [0.15, 0.2) is 40.8 Å². The molecule has 1 amide bonds.